The second-order valence-electron chi connectivity index (χ2n) is 8.96. The van der Waals surface area contributed by atoms with Gasteiger partial charge in [0.1, 0.15) is 0 Å². The van der Waals surface area contributed by atoms with Gasteiger partial charge < -0.3 is 14.4 Å². The summed E-state index contributed by atoms with van der Waals surface area (Å²) in [4.78, 5) is 18.1. The first kappa shape index (κ1) is 28.1. The average Bonchev–Trinajstić information content (AvgIpc) is 3.09. The van der Waals surface area contributed by atoms with Crippen LogP contribution >= 0.6 is 35.0 Å². The van der Waals surface area contributed by atoms with Gasteiger partial charge in [-0.2, -0.15) is 0 Å². The molecule has 2 aromatic carbocycles. The average molecular weight is 581 g/mol. The number of hydrogen-bond donors (Lipinski definition) is 1. The number of rotatable bonds is 8. The van der Waals surface area contributed by atoms with E-state index in [1.165, 1.54) is 11.8 Å². The number of carbonyl (C=O) groups is 1. The van der Waals surface area contributed by atoms with Gasteiger partial charge >= 0.3 is 0 Å². The summed E-state index contributed by atoms with van der Waals surface area (Å²) >= 11 is 13.7. The Kier molecular flexibility index (Phi) is 9.32. The van der Waals surface area contributed by atoms with Crippen molar-refractivity contribution in [2.24, 2.45) is 0 Å². The Morgan fingerprint density at radius 2 is 1.95 bits per heavy atom. The molecule has 2 saturated heterocycles. The molecule has 6 nitrogen and oxygen atoms in total. The number of allylic oxidation sites excluding steroid dienone is 1. The third-order valence-corrected chi connectivity index (χ3v) is 9.67. The topological polar surface area (TPSA) is 61.9 Å². The van der Waals surface area contributed by atoms with Crippen LogP contribution in [0.5, 0.6) is 0 Å². The molecule has 0 radical (unpaired) electrons. The maximum Gasteiger partial charge on any atom is 0.244 e. The van der Waals surface area contributed by atoms with E-state index in [4.69, 9.17) is 27.9 Å². The van der Waals surface area contributed by atoms with Gasteiger partial charge in [-0.1, -0.05) is 53.7 Å². The van der Waals surface area contributed by atoms with Gasteiger partial charge in [0.15, 0.2) is 0 Å². The third kappa shape index (κ3) is 6.74. The molecule has 2 heterocycles. The zero-order chi connectivity index (χ0) is 26.6. The van der Waals surface area contributed by atoms with Crippen LogP contribution in [0.4, 0.5) is 5.69 Å². The molecule has 4 rings (SSSR count). The van der Waals surface area contributed by atoms with Gasteiger partial charge in [-0.3, -0.25) is 9.69 Å². The standard InChI is InChI=1S/C27H31Cl2N3O3S2/c1-4-16-36-19(2)30-37(3,34)22-9-7-21(8-10-22)32-14-12-25(27(32)33)31-13-5-15-35-26(18-31)20-6-11-23(28)24(29)17-20/h4,6-11,16-17,25-26H,2-3,5,12-15,18H2,1H3,(H,30,34)/b16-4-/t25-,26?,37?/m0/s1. The molecule has 2 aliphatic heterocycles. The van der Waals surface area contributed by atoms with E-state index in [0.717, 1.165) is 30.6 Å². The van der Waals surface area contributed by atoms with Crippen LogP contribution in [-0.2, 0) is 19.2 Å². The van der Waals surface area contributed by atoms with Gasteiger partial charge in [0.2, 0.25) is 5.91 Å². The zero-order valence-corrected chi connectivity index (χ0v) is 23.8. The van der Waals surface area contributed by atoms with E-state index in [1.807, 2.05) is 42.7 Å². The summed E-state index contributed by atoms with van der Waals surface area (Å²) in [5.41, 5.74) is 1.73. The first-order valence-corrected chi connectivity index (χ1v) is 15.4. The lowest BCUT2D eigenvalue weighted by Gasteiger charge is -2.29. The van der Waals surface area contributed by atoms with Crippen molar-refractivity contribution < 1.29 is 13.7 Å². The quantitative estimate of drug-likeness (QED) is 0.396. The van der Waals surface area contributed by atoms with Crippen LogP contribution in [0.25, 0.3) is 0 Å². The normalized spacial score (nSPS) is 22.7. The van der Waals surface area contributed by atoms with E-state index >= 15 is 0 Å². The van der Waals surface area contributed by atoms with E-state index in [2.05, 4.69) is 22.1 Å². The molecule has 2 unspecified atom stereocenters. The molecule has 0 bridgehead atoms. The maximum absolute atomic E-state index is 13.5. The summed E-state index contributed by atoms with van der Waals surface area (Å²) in [6.07, 6.45) is 3.27. The molecule has 2 aromatic rings. The fourth-order valence-electron chi connectivity index (χ4n) is 4.57. The van der Waals surface area contributed by atoms with Crippen molar-refractivity contribution in [2.45, 2.75) is 36.8 Å². The summed E-state index contributed by atoms with van der Waals surface area (Å²) in [6.45, 7) is 8.41. The van der Waals surface area contributed by atoms with Gasteiger partial charge in [-0.15, -0.1) is 0 Å². The number of halogens is 2. The molecule has 0 aliphatic carbocycles. The third-order valence-electron chi connectivity index (χ3n) is 6.40. The summed E-state index contributed by atoms with van der Waals surface area (Å²) in [5.74, 6) is 3.92. The van der Waals surface area contributed by atoms with Gasteiger partial charge in [-0.05, 0) is 73.0 Å². The fraction of sp³-hybridized carbons (Fsp3) is 0.333. The first-order valence-electron chi connectivity index (χ1n) is 12.0. The molecule has 1 N–H and O–H groups in total. The summed E-state index contributed by atoms with van der Waals surface area (Å²) in [7, 11) is -2.76. The fourth-order valence-corrected chi connectivity index (χ4v) is 6.84. The first-order chi connectivity index (χ1) is 17.7. The molecular weight excluding hydrogens is 549 g/mol. The highest BCUT2D eigenvalue weighted by molar-refractivity contribution is 8.07. The van der Waals surface area contributed by atoms with Crippen molar-refractivity contribution in [1.29, 1.82) is 0 Å². The van der Waals surface area contributed by atoms with Crippen molar-refractivity contribution in [3.05, 3.63) is 81.2 Å². The van der Waals surface area contributed by atoms with Crippen LogP contribution in [0.2, 0.25) is 10.0 Å². The Morgan fingerprint density at radius 3 is 2.65 bits per heavy atom. The number of nitrogens with zero attached hydrogens (tertiary/aromatic N) is 2. The molecule has 1 amide bonds. The monoisotopic (exact) mass is 579 g/mol. The highest BCUT2D eigenvalue weighted by atomic mass is 35.5. The van der Waals surface area contributed by atoms with Crippen LogP contribution in [0.15, 0.2) is 70.5 Å². The maximum atomic E-state index is 13.5. The van der Waals surface area contributed by atoms with Crippen molar-refractivity contribution in [3.63, 3.8) is 0 Å². The molecule has 2 aliphatic rings. The second-order valence-corrected chi connectivity index (χ2v) is 12.8. The minimum Gasteiger partial charge on any atom is -0.372 e. The van der Waals surface area contributed by atoms with E-state index in [-0.39, 0.29) is 18.1 Å². The number of hydrogen-bond acceptors (Lipinski definition) is 5. The van der Waals surface area contributed by atoms with Crippen LogP contribution in [0.3, 0.4) is 0 Å². The lowest BCUT2D eigenvalue weighted by atomic mass is 10.1. The lowest BCUT2D eigenvalue weighted by Crippen LogP contribution is -2.43. The Bertz CT molecular complexity index is 1280. The highest BCUT2D eigenvalue weighted by Gasteiger charge is 2.38. The smallest absolute Gasteiger partial charge is 0.244 e. The number of ether oxygens (including phenoxy) is 1. The number of thioether (sulfide) groups is 1. The number of amides is 1. The molecule has 10 heteroatoms. The molecule has 2 fully saturated rings. The minimum atomic E-state index is -2.76. The van der Waals surface area contributed by atoms with E-state index < -0.39 is 9.71 Å². The molecule has 0 aromatic heterocycles. The van der Waals surface area contributed by atoms with Crippen molar-refractivity contribution >= 4 is 62.1 Å². The lowest BCUT2D eigenvalue weighted by molar-refractivity contribution is -0.121. The summed E-state index contributed by atoms with van der Waals surface area (Å²) in [5, 5.41) is 3.41. The molecule has 0 spiro atoms. The van der Waals surface area contributed by atoms with Crippen molar-refractivity contribution in [1.82, 2.24) is 9.62 Å². The molecule has 0 saturated carbocycles. The predicted molar refractivity (Wildman–Crippen MR) is 157 cm³/mol. The van der Waals surface area contributed by atoms with Gasteiger partial charge in [0, 0.05) is 36.8 Å². The number of carbonyl (C=O) groups excluding carboxylic acids is 1. The van der Waals surface area contributed by atoms with Crippen molar-refractivity contribution in [3.8, 4) is 0 Å². The van der Waals surface area contributed by atoms with Gasteiger partial charge in [0.05, 0.1) is 36.9 Å². The Hall–Kier alpha value is -1.94. The predicted octanol–water partition coefficient (Wildman–Crippen LogP) is 5.88. The molecule has 198 valence electrons. The van der Waals surface area contributed by atoms with Crippen LogP contribution in [0.1, 0.15) is 31.4 Å². The van der Waals surface area contributed by atoms with Crippen LogP contribution in [0, 0.1) is 0 Å². The Balaban J connectivity index is 1.44. The van der Waals surface area contributed by atoms with Crippen molar-refractivity contribution in [2.75, 3.05) is 31.1 Å². The van der Waals surface area contributed by atoms with Gasteiger partial charge in [-0.25, -0.2) is 4.21 Å². The molecule has 3 atom stereocenters. The van der Waals surface area contributed by atoms with E-state index in [0.29, 0.717) is 39.7 Å². The minimum absolute atomic E-state index is 0.0622. The second kappa shape index (κ2) is 12.3. The largest absolute Gasteiger partial charge is 0.372 e. The SMILES string of the molecule is C=C(NS(=C)(=O)c1ccc(N2CC[C@H](N3CCCOC(c4ccc(Cl)c(Cl)c4)C3)C2=O)cc1)S/C=C\C. The number of benzene rings is 2. The number of nitrogens with one attached hydrogen (secondary N) is 1. The van der Waals surface area contributed by atoms with Crippen LogP contribution < -0.4 is 9.62 Å². The highest BCUT2D eigenvalue weighted by Crippen LogP contribution is 2.32. The van der Waals surface area contributed by atoms with Gasteiger partial charge in [0.25, 0.3) is 0 Å². The molecule has 37 heavy (non-hydrogen) atoms. The Labute approximate surface area is 233 Å². The molecular formula is C27H31Cl2N3O3S2. The summed E-state index contributed by atoms with van der Waals surface area (Å²) in [6, 6.07) is 12.5. The Morgan fingerprint density at radius 1 is 1.19 bits per heavy atom. The summed E-state index contributed by atoms with van der Waals surface area (Å²) < 4.78 is 22.1. The van der Waals surface area contributed by atoms with E-state index in [9.17, 15) is 9.00 Å². The zero-order valence-electron chi connectivity index (χ0n) is 20.7. The van der Waals surface area contributed by atoms with E-state index in [1.54, 1.807) is 23.1 Å². The van der Waals surface area contributed by atoms with Crippen LogP contribution in [-0.4, -0.2) is 53.2 Å². The number of anilines is 1.